The Morgan fingerprint density at radius 1 is 1.15 bits per heavy atom. The van der Waals surface area contributed by atoms with E-state index in [9.17, 15) is 0 Å². The minimum absolute atomic E-state index is 0. The molecule has 2 aromatic rings. The maximum Gasteiger partial charge on any atom is 0.191 e. The predicted molar refractivity (Wildman–Crippen MR) is 121 cm³/mol. The van der Waals surface area contributed by atoms with Crippen molar-refractivity contribution in [2.24, 2.45) is 4.99 Å². The van der Waals surface area contributed by atoms with Gasteiger partial charge in [-0.15, -0.1) is 35.3 Å². The van der Waals surface area contributed by atoms with Crippen molar-refractivity contribution in [3.05, 3.63) is 52.2 Å². The molecule has 1 fully saturated rings. The Balaban J connectivity index is 0.00000243. The van der Waals surface area contributed by atoms with E-state index in [0.29, 0.717) is 6.54 Å². The summed E-state index contributed by atoms with van der Waals surface area (Å²) in [4.78, 5) is 8.47. The number of benzene rings is 1. The fraction of sp³-hybridized carbons (Fsp3) is 0.421. The second-order valence-electron chi connectivity index (χ2n) is 5.86. The van der Waals surface area contributed by atoms with Gasteiger partial charge in [-0.1, -0.05) is 24.3 Å². The summed E-state index contributed by atoms with van der Waals surface area (Å²) in [6, 6.07) is 12.7. The number of ether oxygens (including phenoxy) is 1. The van der Waals surface area contributed by atoms with Gasteiger partial charge in [0.25, 0.3) is 0 Å². The molecule has 1 aromatic heterocycles. The first-order valence-corrected chi connectivity index (χ1v) is 9.70. The minimum atomic E-state index is 0. The van der Waals surface area contributed by atoms with Gasteiger partial charge in [0.15, 0.2) is 5.96 Å². The van der Waals surface area contributed by atoms with Crippen LogP contribution >= 0.6 is 35.3 Å². The van der Waals surface area contributed by atoms with Crippen LogP contribution < -0.4 is 15.5 Å². The molecule has 142 valence electrons. The summed E-state index contributed by atoms with van der Waals surface area (Å²) in [5.41, 5.74) is 2.52. The number of morpholine rings is 1. The van der Waals surface area contributed by atoms with Crippen molar-refractivity contribution in [1.29, 1.82) is 0 Å². The van der Waals surface area contributed by atoms with Crippen LogP contribution in [0.2, 0.25) is 0 Å². The third kappa shape index (κ3) is 6.14. The van der Waals surface area contributed by atoms with Crippen LogP contribution in [-0.2, 0) is 17.8 Å². The van der Waals surface area contributed by atoms with Crippen LogP contribution in [0.4, 0.5) is 5.69 Å². The molecule has 3 rings (SSSR count). The number of hydrogen-bond donors (Lipinski definition) is 2. The van der Waals surface area contributed by atoms with Gasteiger partial charge in [-0.25, -0.2) is 4.99 Å². The van der Waals surface area contributed by atoms with Crippen molar-refractivity contribution >= 4 is 47.0 Å². The Kier molecular flexibility index (Phi) is 9.21. The first kappa shape index (κ1) is 21.0. The summed E-state index contributed by atoms with van der Waals surface area (Å²) >= 11 is 1.75. The molecule has 0 radical (unpaired) electrons. The first-order valence-electron chi connectivity index (χ1n) is 8.82. The molecule has 2 heterocycles. The van der Waals surface area contributed by atoms with Crippen LogP contribution in [0.15, 0.2) is 46.8 Å². The van der Waals surface area contributed by atoms with Gasteiger partial charge in [0.05, 0.1) is 26.3 Å². The normalized spacial score (nSPS) is 14.7. The number of guanidine groups is 1. The van der Waals surface area contributed by atoms with E-state index in [0.717, 1.165) is 45.4 Å². The lowest BCUT2D eigenvalue weighted by Crippen LogP contribution is -2.37. The van der Waals surface area contributed by atoms with Crippen LogP contribution in [0.1, 0.15) is 17.4 Å². The number of rotatable bonds is 6. The second-order valence-corrected chi connectivity index (χ2v) is 6.89. The first-order chi connectivity index (χ1) is 12.4. The van der Waals surface area contributed by atoms with Crippen LogP contribution in [0, 0.1) is 0 Å². The number of nitrogens with zero attached hydrogens (tertiary/aromatic N) is 2. The molecule has 5 nitrogen and oxygen atoms in total. The molecular weight excluding hydrogens is 459 g/mol. The maximum atomic E-state index is 5.47. The second kappa shape index (κ2) is 11.4. The highest BCUT2D eigenvalue weighted by molar-refractivity contribution is 14.0. The Bertz CT molecular complexity index is 672. The van der Waals surface area contributed by atoms with Crippen molar-refractivity contribution < 1.29 is 4.74 Å². The van der Waals surface area contributed by atoms with Gasteiger partial charge < -0.3 is 20.3 Å². The number of thiophene rings is 1. The lowest BCUT2D eigenvalue weighted by molar-refractivity contribution is 0.122. The van der Waals surface area contributed by atoms with Gasteiger partial charge >= 0.3 is 0 Å². The Hall–Kier alpha value is -1.32. The van der Waals surface area contributed by atoms with Crippen molar-refractivity contribution in [2.45, 2.75) is 20.0 Å². The summed E-state index contributed by atoms with van der Waals surface area (Å²) < 4.78 is 5.47. The number of nitrogens with one attached hydrogen (secondary N) is 2. The van der Waals surface area contributed by atoms with E-state index < -0.39 is 0 Å². The quantitative estimate of drug-likeness (QED) is 0.373. The standard InChI is InChI=1S/C19H26N4OS.HI/c1-2-20-19(22-15-17-7-5-13-25-17)21-14-16-6-3-4-8-18(16)23-9-11-24-12-10-23;/h3-8,13H,2,9-12,14-15H2,1H3,(H2,20,21,22);1H. The highest BCUT2D eigenvalue weighted by Gasteiger charge is 2.14. The van der Waals surface area contributed by atoms with E-state index in [1.54, 1.807) is 11.3 Å². The monoisotopic (exact) mass is 486 g/mol. The van der Waals surface area contributed by atoms with Crippen molar-refractivity contribution in [1.82, 2.24) is 10.6 Å². The van der Waals surface area contributed by atoms with E-state index in [-0.39, 0.29) is 24.0 Å². The summed E-state index contributed by atoms with van der Waals surface area (Å²) in [6.45, 7) is 7.87. The van der Waals surface area contributed by atoms with Gasteiger partial charge in [0, 0.05) is 30.2 Å². The zero-order valence-electron chi connectivity index (χ0n) is 15.1. The molecular formula is C19H27IN4OS. The topological polar surface area (TPSA) is 48.9 Å². The van der Waals surface area contributed by atoms with Gasteiger partial charge in [-0.05, 0) is 30.0 Å². The summed E-state index contributed by atoms with van der Waals surface area (Å²) in [5.74, 6) is 0.854. The average Bonchev–Trinajstić information content (AvgIpc) is 3.18. The van der Waals surface area contributed by atoms with Crippen LogP contribution in [0.3, 0.4) is 0 Å². The van der Waals surface area contributed by atoms with Crippen molar-refractivity contribution in [3.8, 4) is 0 Å². The molecule has 1 aliphatic rings. The molecule has 2 N–H and O–H groups in total. The predicted octanol–water partition coefficient (Wildman–Crippen LogP) is 3.46. The Labute approximate surface area is 176 Å². The van der Waals surface area contributed by atoms with Gasteiger partial charge in [-0.3, -0.25) is 0 Å². The largest absolute Gasteiger partial charge is 0.378 e. The van der Waals surface area contributed by atoms with Crippen molar-refractivity contribution in [3.63, 3.8) is 0 Å². The van der Waals surface area contributed by atoms with Crippen molar-refractivity contribution in [2.75, 3.05) is 37.7 Å². The number of aliphatic imine (C=N–C) groups is 1. The highest BCUT2D eigenvalue weighted by atomic mass is 127. The molecule has 0 amide bonds. The molecule has 0 bridgehead atoms. The number of anilines is 1. The fourth-order valence-corrected chi connectivity index (χ4v) is 3.49. The zero-order valence-corrected chi connectivity index (χ0v) is 18.3. The SMILES string of the molecule is CCNC(=NCc1ccccc1N1CCOCC1)NCc1cccs1.I. The molecule has 0 aliphatic carbocycles. The minimum Gasteiger partial charge on any atom is -0.378 e. The maximum absolute atomic E-state index is 5.47. The summed E-state index contributed by atoms with van der Waals surface area (Å²) in [5, 5.41) is 8.83. The molecule has 1 aliphatic heterocycles. The fourth-order valence-electron chi connectivity index (χ4n) is 2.85. The van der Waals surface area contributed by atoms with Crippen LogP contribution in [0.5, 0.6) is 0 Å². The van der Waals surface area contributed by atoms with Gasteiger partial charge in [0.1, 0.15) is 0 Å². The number of hydrogen-bond acceptors (Lipinski definition) is 4. The zero-order chi connectivity index (χ0) is 17.3. The molecule has 1 aromatic carbocycles. The summed E-state index contributed by atoms with van der Waals surface area (Å²) in [6.07, 6.45) is 0. The van der Waals surface area contributed by atoms with Gasteiger partial charge in [0.2, 0.25) is 0 Å². The van der Waals surface area contributed by atoms with Crippen LogP contribution in [0.25, 0.3) is 0 Å². The average molecular weight is 486 g/mol. The lowest BCUT2D eigenvalue weighted by Gasteiger charge is -2.30. The lowest BCUT2D eigenvalue weighted by atomic mass is 10.1. The van der Waals surface area contributed by atoms with E-state index in [1.807, 2.05) is 0 Å². The molecule has 0 spiro atoms. The smallest absolute Gasteiger partial charge is 0.191 e. The van der Waals surface area contributed by atoms with E-state index in [2.05, 4.69) is 64.2 Å². The highest BCUT2D eigenvalue weighted by Crippen LogP contribution is 2.22. The van der Waals surface area contributed by atoms with E-state index in [1.165, 1.54) is 16.1 Å². The third-order valence-electron chi connectivity index (χ3n) is 4.11. The number of para-hydroxylation sites is 1. The molecule has 0 atom stereocenters. The molecule has 0 saturated carbocycles. The van der Waals surface area contributed by atoms with E-state index in [4.69, 9.17) is 9.73 Å². The molecule has 1 saturated heterocycles. The third-order valence-corrected chi connectivity index (χ3v) is 4.98. The molecule has 7 heteroatoms. The van der Waals surface area contributed by atoms with Crippen LogP contribution in [-0.4, -0.2) is 38.8 Å². The van der Waals surface area contributed by atoms with Gasteiger partial charge in [-0.2, -0.15) is 0 Å². The Morgan fingerprint density at radius 3 is 2.69 bits per heavy atom. The molecule has 0 unspecified atom stereocenters. The van der Waals surface area contributed by atoms with E-state index >= 15 is 0 Å². The number of halogens is 1. The molecule has 26 heavy (non-hydrogen) atoms. The Morgan fingerprint density at radius 2 is 1.96 bits per heavy atom. The summed E-state index contributed by atoms with van der Waals surface area (Å²) in [7, 11) is 0.